The summed E-state index contributed by atoms with van der Waals surface area (Å²) in [7, 11) is 0. The molecule has 1 saturated carbocycles. The van der Waals surface area contributed by atoms with Crippen LogP contribution in [0.4, 0.5) is 0 Å². The maximum absolute atomic E-state index is 6.19. The molecule has 1 aromatic carbocycles. The quantitative estimate of drug-likeness (QED) is 0.753. The van der Waals surface area contributed by atoms with E-state index in [-0.39, 0.29) is 0 Å². The van der Waals surface area contributed by atoms with Gasteiger partial charge in [-0.25, -0.2) is 0 Å². The molecule has 0 radical (unpaired) electrons. The lowest BCUT2D eigenvalue weighted by molar-refractivity contribution is 0.262. The molecular weight excluding hydrogens is 322 g/mol. The molecule has 0 unspecified atom stereocenters. The first-order valence-electron chi connectivity index (χ1n) is 7.33. The Morgan fingerprint density at radius 2 is 1.89 bits per heavy atom. The molecule has 3 heteroatoms. The molecule has 1 aliphatic carbocycles. The average Bonchev–Trinajstić information content (AvgIpc) is 2.43. The second-order valence-electron chi connectivity index (χ2n) is 5.66. The van der Waals surface area contributed by atoms with E-state index in [2.05, 4.69) is 34.2 Å². The number of halogens is 2. The highest BCUT2D eigenvalue weighted by atomic mass is 79.9. The third kappa shape index (κ3) is 4.77. The van der Waals surface area contributed by atoms with Crippen molar-refractivity contribution in [3.05, 3.63) is 33.3 Å². The van der Waals surface area contributed by atoms with Crippen LogP contribution in [0.5, 0.6) is 0 Å². The van der Waals surface area contributed by atoms with E-state index in [1.807, 2.05) is 12.1 Å². The summed E-state index contributed by atoms with van der Waals surface area (Å²) >= 11 is 9.69. The molecule has 2 rings (SSSR count). The standard InChI is InChI=1S/C16H23BrClN/c1-2-12-3-5-13(6-4-12)10-19-11-14-9-15(17)7-8-16(14)18/h7-9,12-13,19H,2-6,10-11H2,1H3. The number of benzene rings is 1. The van der Waals surface area contributed by atoms with Gasteiger partial charge < -0.3 is 5.32 Å². The zero-order valence-corrected chi connectivity index (χ0v) is 13.9. The SMILES string of the molecule is CCC1CCC(CNCc2cc(Br)ccc2Cl)CC1. The fourth-order valence-electron chi connectivity index (χ4n) is 2.93. The summed E-state index contributed by atoms with van der Waals surface area (Å²) in [6.45, 7) is 4.31. The van der Waals surface area contributed by atoms with Crippen LogP contribution in [0.3, 0.4) is 0 Å². The van der Waals surface area contributed by atoms with Gasteiger partial charge in [0.15, 0.2) is 0 Å². The molecule has 0 heterocycles. The van der Waals surface area contributed by atoms with E-state index >= 15 is 0 Å². The van der Waals surface area contributed by atoms with Crippen LogP contribution >= 0.6 is 27.5 Å². The third-order valence-corrected chi connectivity index (χ3v) is 5.16. The van der Waals surface area contributed by atoms with Gasteiger partial charge in [-0.15, -0.1) is 0 Å². The lowest BCUT2D eigenvalue weighted by Crippen LogP contribution is -2.26. The predicted octanol–water partition coefficient (Wildman–Crippen LogP) is 5.41. The minimum Gasteiger partial charge on any atom is -0.312 e. The average molecular weight is 345 g/mol. The van der Waals surface area contributed by atoms with Crippen molar-refractivity contribution in [2.45, 2.75) is 45.6 Å². The molecule has 0 saturated heterocycles. The zero-order valence-electron chi connectivity index (χ0n) is 11.6. The molecule has 19 heavy (non-hydrogen) atoms. The fourth-order valence-corrected chi connectivity index (χ4v) is 3.53. The van der Waals surface area contributed by atoms with E-state index in [0.717, 1.165) is 34.4 Å². The molecule has 1 aromatic rings. The number of rotatable bonds is 5. The number of hydrogen-bond acceptors (Lipinski definition) is 1. The van der Waals surface area contributed by atoms with Crippen LogP contribution in [0.15, 0.2) is 22.7 Å². The second kappa shape index (κ2) is 7.66. The molecule has 0 aromatic heterocycles. The first-order chi connectivity index (χ1) is 9.19. The van der Waals surface area contributed by atoms with Gasteiger partial charge in [-0.1, -0.05) is 53.7 Å². The summed E-state index contributed by atoms with van der Waals surface area (Å²) in [4.78, 5) is 0. The lowest BCUT2D eigenvalue weighted by atomic mass is 9.81. The molecule has 0 amide bonds. The van der Waals surface area contributed by atoms with Crippen LogP contribution in [0.1, 0.15) is 44.6 Å². The van der Waals surface area contributed by atoms with Crippen molar-refractivity contribution in [3.63, 3.8) is 0 Å². The Kier molecular flexibility index (Phi) is 6.18. The van der Waals surface area contributed by atoms with Gasteiger partial charge in [0.05, 0.1) is 0 Å². The minimum atomic E-state index is 0.852. The van der Waals surface area contributed by atoms with Gasteiger partial charge in [0, 0.05) is 16.0 Å². The van der Waals surface area contributed by atoms with Crippen molar-refractivity contribution >= 4 is 27.5 Å². The Labute approximate surface area is 130 Å². The van der Waals surface area contributed by atoms with Crippen LogP contribution in [0.2, 0.25) is 5.02 Å². The normalized spacial score (nSPS) is 23.5. The summed E-state index contributed by atoms with van der Waals surface area (Å²) in [5, 5.41) is 4.42. The molecule has 1 nitrogen and oxygen atoms in total. The van der Waals surface area contributed by atoms with Gasteiger partial charge in [-0.2, -0.15) is 0 Å². The zero-order chi connectivity index (χ0) is 13.7. The molecular formula is C16H23BrClN. The first kappa shape index (κ1) is 15.3. The van der Waals surface area contributed by atoms with Crippen LogP contribution in [0.25, 0.3) is 0 Å². The summed E-state index contributed by atoms with van der Waals surface area (Å²) in [6.07, 6.45) is 6.96. The van der Waals surface area contributed by atoms with E-state index in [4.69, 9.17) is 11.6 Å². The van der Waals surface area contributed by atoms with Gasteiger partial charge in [0.25, 0.3) is 0 Å². The van der Waals surface area contributed by atoms with Gasteiger partial charge in [-0.05, 0) is 55.0 Å². The van der Waals surface area contributed by atoms with Gasteiger partial charge in [0.1, 0.15) is 0 Å². The molecule has 0 atom stereocenters. The maximum Gasteiger partial charge on any atom is 0.0451 e. The van der Waals surface area contributed by atoms with E-state index in [1.165, 1.54) is 37.7 Å². The Morgan fingerprint density at radius 3 is 2.58 bits per heavy atom. The molecule has 1 fully saturated rings. The lowest BCUT2D eigenvalue weighted by Gasteiger charge is -2.28. The predicted molar refractivity (Wildman–Crippen MR) is 86.6 cm³/mol. The van der Waals surface area contributed by atoms with E-state index in [0.29, 0.717) is 0 Å². The van der Waals surface area contributed by atoms with Crippen molar-refractivity contribution in [3.8, 4) is 0 Å². The van der Waals surface area contributed by atoms with Crippen molar-refractivity contribution in [2.75, 3.05) is 6.54 Å². The Balaban J connectivity index is 1.73. The summed E-state index contributed by atoms with van der Waals surface area (Å²) in [5.41, 5.74) is 1.18. The fraction of sp³-hybridized carbons (Fsp3) is 0.625. The smallest absolute Gasteiger partial charge is 0.0451 e. The summed E-state index contributed by atoms with van der Waals surface area (Å²) in [5.74, 6) is 1.84. The Morgan fingerprint density at radius 1 is 1.21 bits per heavy atom. The summed E-state index contributed by atoms with van der Waals surface area (Å²) in [6, 6.07) is 6.04. The molecule has 1 N–H and O–H groups in total. The van der Waals surface area contributed by atoms with Gasteiger partial charge in [-0.3, -0.25) is 0 Å². The van der Waals surface area contributed by atoms with Crippen LogP contribution in [0, 0.1) is 11.8 Å². The van der Waals surface area contributed by atoms with Crippen molar-refractivity contribution in [2.24, 2.45) is 11.8 Å². The highest BCUT2D eigenvalue weighted by Crippen LogP contribution is 2.30. The van der Waals surface area contributed by atoms with E-state index in [9.17, 15) is 0 Å². The third-order valence-electron chi connectivity index (χ3n) is 4.30. The molecule has 0 spiro atoms. The highest BCUT2D eigenvalue weighted by Gasteiger charge is 2.19. The molecule has 0 bridgehead atoms. The topological polar surface area (TPSA) is 12.0 Å². The van der Waals surface area contributed by atoms with Crippen molar-refractivity contribution in [1.29, 1.82) is 0 Å². The van der Waals surface area contributed by atoms with Crippen molar-refractivity contribution < 1.29 is 0 Å². The maximum atomic E-state index is 6.19. The van der Waals surface area contributed by atoms with Crippen LogP contribution in [-0.4, -0.2) is 6.54 Å². The highest BCUT2D eigenvalue weighted by molar-refractivity contribution is 9.10. The second-order valence-corrected chi connectivity index (χ2v) is 6.98. The monoisotopic (exact) mass is 343 g/mol. The van der Waals surface area contributed by atoms with Gasteiger partial charge >= 0.3 is 0 Å². The molecule has 0 aliphatic heterocycles. The van der Waals surface area contributed by atoms with Crippen molar-refractivity contribution in [1.82, 2.24) is 5.32 Å². The Hall–Kier alpha value is -0.0500. The first-order valence-corrected chi connectivity index (χ1v) is 8.50. The van der Waals surface area contributed by atoms with E-state index in [1.54, 1.807) is 0 Å². The molecule has 106 valence electrons. The number of nitrogens with one attached hydrogen (secondary N) is 1. The van der Waals surface area contributed by atoms with Crippen LogP contribution in [-0.2, 0) is 6.54 Å². The minimum absolute atomic E-state index is 0.852. The number of hydrogen-bond donors (Lipinski definition) is 1. The molecule has 1 aliphatic rings. The van der Waals surface area contributed by atoms with Crippen LogP contribution < -0.4 is 5.32 Å². The van der Waals surface area contributed by atoms with E-state index < -0.39 is 0 Å². The largest absolute Gasteiger partial charge is 0.312 e. The Bertz CT molecular complexity index is 400. The van der Waals surface area contributed by atoms with Gasteiger partial charge in [0.2, 0.25) is 0 Å². The summed E-state index contributed by atoms with van der Waals surface area (Å²) < 4.78 is 1.09.